The van der Waals surface area contributed by atoms with Gasteiger partial charge in [-0.25, -0.2) is 4.79 Å². The maximum absolute atomic E-state index is 12.1. The van der Waals surface area contributed by atoms with Gasteiger partial charge in [0.1, 0.15) is 6.04 Å². The van der Waals surface area contributed by atoms with Gasteiger partial charge >= 0.3 is 5.97 Å². The third-order valence-corrected chi connectivity index (χ3v) is 4.50. The number of carbonyl (C=O) groups excluding carboxylic acids is 2. The van der Waals surface area contributed by atoms with Gasteiger partial charge in [0.25, 0.3) is 0 Å². The normalized spacial score (nSPS) is 24.4. The van der Waals surface area contributed by atoms with E-state index in [9.17, 15) is 14.4 Å². The molecule has 1 N–H and O–H groups in total. The van der Waals surface area contributed by atoms with Crippen LogP contribution in [-0.4, -0.2) is 63.5 Å². The number of carbonyl (C=O) groups is 3. The molecule has 2 fully saturated rings. The number of likely N-dealkylation sites (tertiary alicyclic amines) is 1. The van der Waals surface area contributed by atoms with Gasteiger partial charge in [0, 0.05) is 18.7 Å². The van der Waals surface area contributed by atoms with Gasteiger partial charge in [0.05, 0.1) is 12.4 Å². The molecule has 106 valence electrons. The number of hydrogen-bond acceptors (Lipinski definition) is 4. The molecule has 7 heteroatoms. The van der Waals surface area contributed by atoms with Crippen LogP contribution in [0.2, 0.25) is 0 Å². The number of rotatable bonds is 3. The van der Waals surface area contributed by atoms with Crippen LogP contribution in [0.5, 0.6) is 0 Å². The van der Waals surface area contributed by atoms with Crippen molar-refractivity contribution in [3.8, 4) is 0 Å². The predicted octanol–water partition coefficient (Wildman–Crippen LogP) is 0.375. The van der Waals surface area contributed by atoms with Crippen molar-refractivity contribution in [2.75, 3.05) is 24.7 Å². The van der Waals surface area contributed by atoms with E-state index >= 15 is 0 Å². The van der Waals surface area contributed by atoms with Gasteiger partial charge < -0.3 is 14.9 Å². The standard InChI is InChI=1S/C12H18N2O4S/c15-10-4-2-1-3-5-13(10)6-11(16)14-8-19-7-9(14)12(17)18/h9H,1-8H2,(H,17,18)/t9-/m0/s1. The first-order valence-electron chi connectivity index (χ1n) is 6.47. The molecule has 2 aliphatic heterocycles. The monoisotopic (exact) mass is 286 g/mol. The molecule has 2 saturated heterocycles. The van der Waals surface area contributed by atoms with Crippen LogP contribution >= 0.6 is 11.8 Å². The zero-order chi connectivity index (χ0) is 13.8. The van der Waals surface area contributed by atoms with Crippen LogP contribution in [-0.2, 0) is 14.4 Å². The van der Waals surface area contributed by atoms with Gasteiger partial charge in [0.15, 0.2) is 0 Å². The van der Waals surface area contributed by atoms with E-state index in [1.165, 1.54) is 16.7 Å². The van der Waals surface area contributed by atoms with Crippen LogP contribution in [0.3, 0.4) is 0 Å². The quantitative estimate of drug-likeness (QED) is 0.811. The molecule has 0 spiro atoms. The fraction of sp³-hybridized carbons (Fsp3) is 0.750. The Morgan fingerprint density at radius 1 is 1.32 bits per heavy atom. The molecule has 1 atom stereocenters. The molecule has 0 unspecified atom stereocenters. The summed E-state index contributed by atoms with van der Waals surface area (Å²) in [5.74, 6) is -0.398. The van der Waals surface area contributed by atoms with E-state index in [1.807, 2.05) is 0 Å². The Labute approximate surface area is 116 Å². The fourth-order valence-electron chi connectivity index (χ4n) is 2.35. The summed E-state index contributed by atoms with van der Waals surface area (Å²) < 4.78 is 0. The third-order valence-electron chi connectivity index (χ3n) is 3.49. The summed E-state index contributed by atoms with van der Waals surface area (Å²) >= 11 is 1.43. The van der Waals surface area contributed by atoms with Crippen molar-refractivity contribution >= 4 is 29.5 Å². The highest BCUT2D eigenvalue weighted by atomic mass is 32.2. The van der Waals surface area contributed by atoms with E-state index in [0.29, 0.717) is 24.6 Å². The first-order chi connectivity index (χ1) is 9.09. The molecular formula is C12H18N2O4S. The minimum Gasteiger partial charge on any atom is -0.480 e. The highest BCUT2D eigenvalue weighted by Crippen LogP contribution is 2.21. The second-order valence-corrected chi connectivity index (χ2v) is 5.84. The zero-order valence-electron chi connectivity index (χ0n) is 10.7. The maximum Gasteiger partial charge on any atom is 0.327 e. The molecule has 0 bridgehead atoms. The van der Waals surface area contributed by atoms with E-state index < -0.39 is 12.0 Å². The fourth-order valence-corrected chi connectivity index (χ4v) is 3.52. The zero-order valence-corrected chi connectivity index (χ0v) is 11.5. The van der Waals surface area contributed by atoms with Crippen LogP contribution in [0.15, 0.2) is 0 Å². The van der Waals surface area contributed by atoms with Gasteiger partial charge in [-0.3, -0.25) is 9.59 Å². The molecule has 0 radical (unpaired) electrons. The molecule has 0 aromatic carbocycles. The minimum atomic E-state index is -0.972. The molecular weight excluding hydrogens is 268 g/mol. The molecule has 2 aliphatic rings. The second-order valence-electron chi connectivity index (χ2n) is 4.84. The van der Waals surface area contributed by atoms with E-state index in [2.05, 4.69) is 0 Å². The van der Waals surface area contributed by atoms with Crippen molar-refractivity contribution < 1.29 is 19.5 Å². The number of amides is 2. The Balaban J connectivity index is 1.96. The van der Waals surface area contributed by atoms with Gasteiger partial charge in [-0.1, -0.05) is 6.42 Å². The minimum absolute atomic E-state index is 0.00424. The van der Waals surface area contributed by atoms with Crippen LogP contribution in [0.4, 0.5) is 0 Å². The summed E-state index contributed by atoms with van der Waals surface area (Å²) in [4.78, 5) is 37.9. The summed E-state index contributed by atoms with van der Waals surface area (Å²) in [6, 6.07) is -0.750. The molecule has 0 aromatic rings. The molecule has 0 aliphatic carbocycles. The van der Waals surface area contributed by atoms with E-state index in [4.69, 9.17) is 5.11 Å². The molecule has 6 nitrogen and oxygen atoms in total. The van der Waals surface area contributed by atoms with Crippen LogP contribution in [0, 0.1) is 0 Å². The topological polar surface area (TPSA) is 77.9 Å². The van der Waals surface area contributed by atoms with Gasteiger partial charge in [-0.15, -0.1) is 11.8 Å². The average Bonchev–Trinajstić information content (AvgIpc) is 2.78. The summed E-state index contributed by atoms with van der Waals surface area (Å²) in [7, 11) is 0. The van der Waals surface area contributed by atoms with Crippen molar-refractivity contribution in [3.63, 3.8) is 0 Å². The first-order valence-corrected chi connectivity index (χ1v) is 7.63. The van der Waals surface area contributed by atoms with E-state index in [1.54, 1.807) is 4.90 Å². The summed E-state index contributed by atoms with van der Waals surface area (Å²) in [6.07, 6.45) is 3.29. The van der Waals surface area contributed by atoms with Gasteiger partial charge in [0.2, 0.25) is 11.8 Å². The number of hydrogen-bond donors (Lipinski definition) is 1. The second kappa shape index (κ2) is 6.27. The van der Waals surface area contributed by atoms with Crippen LogP contribution in [0.1, 0.15) is 25.7 Å². The molecule has 2 heterocycles. The van der Waals surface area contributed by atoms with Crippen molar-refractivity contribution in [3.05, 3.63) is 0 Å². The highest BCUT2D eigenvalue weighted by molar-refractivity contribution is 7.99. The molecule has 19 heavy (non-hydrogen) atoms. The molecule has 0 saturated carbocycles. The Bertz CT molecular complexity index is 388. The smallest absolute Gasteiger partial charge is 0.327 e. The number of thioether (sulfide) groups is 1. The Hall–Kier alpha value is -1.24. The van der Waals surface area contributed by atoms with Crippen LogP contribution < -0.4 is 0 Å². The Kier molecular flexibility index (Phi) is 4.68. The lowest BCUT2D eigenvalue weighted by Gasteiger charge is -2.25. The maximum atomic E-state index is 12.1. The lowest BCUT2D eigenvalue weighted by molar-refractivity contribution is -0.149. The summed E-state index contributed by atoms with van der Waals surface area (Å²) in [6.45, 7) is 0.618. The number of aliphatic carboxylic acids is 1. The van der Waals surface area contributed by atoms with Gasteiger partial charge in [-0.2, -0.15) is 0 Å². The molecule has 0 aromatic heterocycles. The molecule has 2 amide bonds. The summed E-state index contributed by atoms with van der Waals surface area (Å²) in [5.41, 5.74) is 0. The Morgan fingerprint density at radius 2 is 2.11 bits per heavy atom. The third kappa shape index (κ3) is 3.40. The highest BCUT2D eigenvalue weighted by Gasteiger charge is 2.35. The van der Waals surface area contributed by atoms with E-state index in [0.717, 1.165) is 19.3 Å². The van der Waals surface area contributed by atoms with Gasteiger partial charge in [-0.05, 0) is 12.8 Å². The lowest BCUT2D eigenvalue weighted by Crippen LogP contribution is -2.47. The van der Waals surface area contributed by atoms with Crippen molar-refractivity contribution in [1.29, 1.82) is 0 Å². The van der Waals surface area contributed by atoms with Crippen molar-refractivity contribution in [1.82, 2.24) is 9.80 Å². The van der Waals surface area contributed by atoms with Crippen LogP contribution in [0.25, 0.3) is 0 Å². The van der Waals surface area contributed by atoms with Crippen molar-refractivity contribution in [2.24, 2.45) is 0 Å². The van der Waals surface area contributed by atoms with E-state index in [-0.39, 0.29) is 18.4 Å². The summed E-state index contributed by atoms with van der Waals surface area (Å²) in [5, 5.41) is 9.05. The first kappa shape index (κ1) is 14.2. The average molecular weight is 286 g/mol. The molecule has 2 rings (SSSR count). The largest absolute Gasteiger partial charge is 0.480 e. The van der Waals surface area contributed by atoms with Crippen molar-refractivity contribution in [2.45, 2.75) is 31.7 Å². The number of carboxylic acids is 1. The number of carboxylic acid groups (broad SMARTS) is 1. The Morgan fingerprint density at radius 3 is 2.84 bits per heavy atom. The number of nitrogens with zero attached hydrogens (tertiary/aromatic N) is 2. The SMILES string of the molecule is O=C(O)[C@@H]1CSCN1C(=O)CN1CCCCCC1=O. The predicted molar refractivity (Wildman–Crippen MR) is 70.6 cm³/mol. The lowest BCUT2D eigenvalue weighted by atomic mass is 10.2.